The van der Waals surface area contributed by atoms with Crippen LogP contribution in [-0.4, -0.2) is 51.3 Å². The highest BCUT2D eigenvalue weighted by Gasteiger charge is 2.15. The minimum atomic E-state index is -0.713. The standard InChI is InChI=1S/C15H18N2O5S/c1-9(19)8-17-13(20)11-4-3-10(14(21)22-2)7-12(11)16-15(17)23-6-5-18/h3-4,7,9,18-19H,5-6,8H2,1-2H3/t9-/m1/s1. The van der Waals surface area contributed by atoms with Crippen LogP contribution in [-0.2, 0) is 11.3 Å². The Bertz CT molecular complexity index is 772. The molecule has 124 valence electrons. The molecule has 1 aromatic heterocycles. The predicted octanol–water partition coefficient (Wildman–Crippen LogP) is 0.648. The number of aliphatic hydroxyl groups is 2. The Balaban J connectivity index is 2.62. The quantitative estimate of drug-likeness (QED) is 0.453. The van der Waals surface area contributed by atoms with Crippen molar-refractivity contribution >= 4 is 28.6 Å². The van der Waals surface area contributed by atoms with E-state index >= 15 is 0 Å². The van der Waals surface area contributed by atoms with Crippen molar-refractivity contribution < 1.29 is 19.7 Å². The van der Waals surface area contributed by atoms with Crippen molar-refractivity contribution in [2.75, 3.05) is 19.5 Å². The van der Waals surface area contributed by atoms with Crippen LogP contribution < -0.4 is 5.56 Å². The minimum absolute atomic E-state index is 0.0601. The molecule has 2 aromatic rings. The molecule has 0 spiro atoms. The van der Waals surface area contributed by atoms with Crippen LogP contribution in [0.3, 0.4) is 0 Å². The molecular formula is C15H18N2O5S. The molecule has 0 aliphatic heterocycles. The molecule has 0 unspecified atom stereocenters. The molecule has 2 N–H and O–H groups in total. The number of ether oxygens (including phenoxy) is 1. The van der Waals surface area contributed by atoms with Gasteiger partial charge in [-0.15, -0.1) is 0 Å². The lowest BCUT2D eigenvalue weighted by atomic mass is 10.1. The van der Waals surface area contributed by atoms with Crippen molar-refractivity contribution in [2.24, 2.45) is 0 Å². The zero-order valence-electron chi connectivity index (χ0n) is 12.9. The highest BCUT2D eigenvalue weighted by Crippen LogP contribution is 2.19. The molecule has 1 aromatic carbocycles. The first-order chi connectivity index (χ1) is 11.0. The van der Waals surface area contributed by atoms with Gasteiger partial charge in [0, 0.05) is 5.75 Å². The molecule has 7 nitrogen and oxygen atoms in total. The molecule has 8 heteroatoms. The Morgan fingerprint density at radius 2 is 2.22 bits per heavy atom. The number of thioether (sulfide) groups is 1. The molecule has 0 radical (unpaired) electrons. The normalized spacial score (nSPS) is 12.3. The lowest BCUT2D eigenvalue weighted by molar-refractivity contribution is 0.0601. The summed E-state index contributed by atoms with van der Waals surface area (Å²) in [5.41, 5.74) is 0.381. The van der Waals surface area contributed by atoms with E-state index in [1.165, 1.54) is 41.6 Å². The van der Waals surface area contributed by atoms with E-state index in [0.29, 0.717) is 27.4 Å². The fraction of sp³-hybridized carbons (Fsp3) is 0.400. The van der Waals surface area contributed by atoms with Gasteiger partial charge in [-0.05, 0) is 25.1 Å². The van der Waals surface area contributed by atoms with Crippen LogP contribution >= 0.6 is 11.8 Å². The largest absolute Gasteiger partial charge is 0.465 e. The summed E-state index contributed by atoms with van der Waals surface area (Å²) in [6.45, 7) is 1.63. The van der Waals surface area contributed by atoms with E-state index in [-0.39, 0.29) is 18.7 Å². The third-order valence-corrected chi connectivity index (χ3v) is 4.07. The van der Waals surface area contributed by atoms with Crippen molar-refractivity contribution in [1.29, 1.82) is 0 Å². The van der Waals surface area contributed by atoms with Gasteiger partial charge in [-0.3, -0.25) is 9.36 Å². The van der Waals surface area contributed by atoms with Gasteiger partial charge in [0.05, 0.1) is 42.8 Å². The SMILES string of the molecule is COC(=O)c1ccc2c(=O)n(C[C@@H](C)O)c(SCCO)nc2c1. The zero-order valence-corrected chi connectivity index (χ0v) is 13.7. The number of methoxy groups -OCH3 is 1. The van der Waals surface area contributed by atoms with E-state index in [1.807, 2.05) is 0 Å². The number of nitrogens with zero attached hydrogens (tertiary/aromatic N) is 2. The maximum Gasteiger partial charge on any atom is 0.337 e. The topological polar surface area (TPSA) is 102 Å². The smallest absolute Gasteiger partial charge is 0.337 e. The highest BCUT2D eigenvalue weighted by atomic mass is 32.2. The average Bonchev–Trinajstić information content (AvgIpc) is 2.54. The van der Waals surface area contributed by atoms with Gasteiger partial charge in [0.2, 0.25) is 0 Å². The summed E-state index contributed by atoms with van der Waals surface area (Å²) in [5.74, 6) is -0.138. The summed E-state index contributed by atoms with van der Waals surface area (Å²) in [5, 5.41) is 19.3. The molecule has 0 saturated carbocycles. The van der Waals surface area contributed by atoms with Crippen molar-refractivity contribution in [1.82, 2.24) is 9.55 Å². The van der Waals surface area contributed by atoms with Gasteiger partial charge in [-0.25, -0.2) is 9.78 Å². The number of rotatable bonds is 6. The molecule has 0 saturated heterocycles. The number of hydrogen-bond donors (Lipinski definition) is 2. The van der Waals surface area contributed by atoms with Crippen LogP contribution in [0.1, 0.15) is 17.3 Å². The maximum absolute atomic E-state index is 12.6. The lowest BCUT2D eigenvalue weighted by Crippen LogP contribution is -2.28. The van der Waals surface area contributed by atoms with Gasteiger partial charge in [-0.2, -0.15) is 0 Å². The fourth-order valence-corrected chi connectivity index (χ4v) is 2.87. The van der Waals surface area contributed by atoms with E-state index in [1.54, 1.807) is 6.92 Å². The third-order valence-electron chi connectivity index (χ3n) is 3.11. The Labute approximate surface area is 136 Å². The molecular weight excluding hydrogens is 320 g/mol. The Kier molecular flexibility index (Phi) is 5.75. The van der Waals surface area contributed by atoms with E-state index < -0.39 is 12.1 Å². The number of benzene rings is 1. The highest BCUT2D eigenvalue weighted by molar-refractivity contribution is 7.99. The minimum Gasteiger partial charge on any atom is -0.465 e. The van der Waals surface area contributed by atoms with E-state index in [0.717, 1.165) is 0 Å². The number of carbonyl (C=O) groups excluding carboxylic acids is 1. The van der Waals surface area contributed by atoms with Crippen molar-refractivity contribution in [2.45, 2.75) is 24.7 Å². The first-order valence-corrected chi connectivity index (χ1v) is 8.01. The summed E-state index contributed by atoms with van der Waals surface area (Å²) < 4.78 is 6.05. The molecule has 0 amide bonds. The van der Waals surface area contributed by atoms with Gasteiger partial charge >= 0.3 is 5.97 Å². The summed E-state index contributed by atoms with van der Waals surface area (Å²) in [6.07, 6.45) is -0.713. The number of fused-ring (bicyclic) bond motifs is 1. The fourth-order valence-electron chi connectivity index (χ4n) is 2.12. The van der Waals surface area contributed by atoms with Crippen LogP contribution in [0.2, 0.25) is 0 Å². The Hall–Kier alpha value is -1.90. The summed E-state index contributed by atoms with van der Waals surface area (Å²) >= 11 is 1.21. The molecule has 23 heavy (non-hydrogen) atoms. The molecule has 0 bridgehead atoms. The van der Waals surface area contributed by atoms with Gasteiger partial charge < -0.3 is 14.9 Å². The second-order valence-electron chi connectivity index (χ2n) is 4.95. The summed E-state index contributed by atoms with van der Waals surface area (Å²) in [6, 6.07) is 4.53. The van der Waals surface area contributed by atoms with E-state index in [2.05, 4.69) is 9.72 Å². The number of aromatic nitrogens is 2. The molecule has 2 rings (SSSR count). The summed E-state index contributed by atoms with van der Waals surface area (Å²) in [4.78, 5) is 28.6. The van der Waals surface area contributed by atoms with E-state index in [9.17, 15) is 14.7 Å². The molecule has 0 aliphatic carbocycles. The van der Waals surface area contributed by atoms with E-state index in [4.69, 9.17) is 5.11 Å². The Morgan fingerprint density at radius 1 is 1.48 bits per heavy atom. The van der Waals surface area contributed by atoms with Gasteiger partial charge in [-0.1, -0.05) is 11.8 Å². The molecule has 1 atom stereocenters. The third kappa shape index (κ3) is 3.90. The van der Waals surface area contributed by atoms with Crippen molar-refractivity contribution in [3.8, 4) is 0 Å². The van der Waals surface area contributed by atoms with Crippen LogP contribution in [0.15, 0.2) is 28.2 Å². The number of esters is 1. The second kappa shape index (κ2) is 7.58. The monoisotopic (exact) mass is 338 g/mol. The zero-order chi connectivity index (χ0) is 17.0. The predicted molar refractivity (Wildman–Crippen MR) is 86.8 cm³/mol. The van der Waals surface area contributed by atoms with Crippen molar-refractivity contribution in [3.63, 3.8) is 0 Å². The molecule has 0 fully saturated rings. The lowest BCUT2D eigenvalue weighted by Gasteiger charge is -2.14. The van der Waals surface area contributed by atoms with Crippen LogP contribution in [0.25, 0.3) is 10.9 Å². The number of carbonyl (C=O) groups is 1. The van der Waals surface area contributed by atoms with Crippen LogP contribution in [0.4, 0.5) is 0 Å². The molecule has 0 aliphatic rings. The number of aliphatic hydroxyl groups excluding tert-OH is 2. The van der Waals surface area contributed by atoms with Gasteiger partial charge in [0.1, 0.15) is 0 Å². The number of hydrogen-bond acceptors (Lipinski definition) is 7. The van der Waals surface area contributed by atoms with Crippen molar-refractivity contribution in [3.05, 3.63) is 34.1 Å². The maximum atomic E-state index is 12.6. The van der Waals surface area contributed by atoms with Gasteiger partial charge in [0.25, 0.3) is 5.56 Å². The molecule has 1 heterocycles. The van der Waals surface area contributed by atoms with Gasteiger partial charge in [0.15, 0.2) is 5.16 Å². The summed E-state index contributed by atoms with van der Waals surface area (Å²) in [7, 11) is 1.28. The second-order valence-corrected chi connectivity index (χ2v) is 6.02. The average molecular weight is 338 g/mol. The first-order valence-electron chi connectivity index (χ1n) is 7.02. The van der Waals surface area contributed by atoms with Crippen LogP contribution in [0.5, 0.6) is 0 Å². The first kappa shape index (κ1) is 17.5. The van der Waals surface area contributed by atoms with Crippen LogP contribution in [0, 0.1) is 0 Å². The Morgan fingerprint density at radius 3 is 2.83 bits per heavy atom.